The number of oxime groups is 1. The fourth-order valence-corrected chi connectivity index (χ4v) is 0.448. The summed E-state index contributed by atoms with van der Waals surface area (Å²) in [6.45, 7) is 3.96. The Hall–Kier alpha value is 0.400. The van der Waals surface area contributed by atoms with Crippen LogP contribution in [0.25, 0.3) is 0 Å². The molecule has 0 saturated heterocycles. The Morgan fingerprint density at radius 2 is 1.94 bits per heavy atom. The standard InChI is InChI=1S/C7H14N2O2S.Na.H3O4P/c1-7(2,12-4)5-9-11-6(10)8-3;;1-5(2,3)4/h5H,1-4H3,(H,8,10);;(H3,1,2,3,4)/q;+1;/p-1/b9-5+;;. The van der Waals surface area contributed by atoms with Gasteiger partial charge < -0.3 is 20.0 Å². The molecular weight excluding hydrogens is 294 g/mol. The molecule has 0 radical (unpaired) electrons. The maximum Gasteiger partial charge on any atom is 1.00 e. The molecule has 0 aromatic carbocycles. The smallest absolute Gasteiger partial charge is 0.756 e. The maximum absolute atomic E-state index is 10.5. The second kappa shape index (κ2) is 11.2. The summed E-state index contributed by atoms with van der Waals surface area (Å²) in [6, 6.07) is 0. The molecule has 0 aliphatic heterocycles. The number of amides is 1. The Morgan fingerprint density at radius 3 is 2.22 bits per heavy atom. The zero-order chi connectivity index (χ0) is 14.1. The molecule has 8 nitrogen and oxygen atoms in total. The quantitative estimate of drug-likeness (QED) is 0.165. The largest absolute Gasteiger partial charge is 1.00 e. The fraction of sp³-hybridized carbons (Fsp3) is 0.714. The van der Waals surface area contributed by atoms with Gasteiger partial charge in [0.05, 0.1) is 6.21 Å². The van der Waals surface area contributed by atoms with Crippen LogP contribution in [0.15, 0.2) is 5.16 Å². The Balaban J connectivity index is -0.000000321. The number of nitrogens with zero attached hydrogens (tertiary/aromatic N) is 1. The molecule has 0 fully saturated rings. The van der Waals surface area contributed by atoms with Crippen molar-refractivity contribution in [2.24, 2.45) is 5.16 Å². The van der Waals surface area contributed by atoms with E-state index in [9.17, 15) is 4.79 Å². The predicted molar refractivity (Wildman–Crippen MR) is 63.7 cm³/mol. The van der Waals surface area contributed by atoms with E-state index in [-0.39, 0.29) is 34.3 Å². The van der Waals surface area contributed by atoms with E-state index < -0.39 is 13.9 Å². The van der Waals surface area contributed by atoms with E-state index in [0.29, 0.717) is 0 Å². The van der Waals surface area contributed by atoms with Crippen LogP contribution < -0.4 is 39.8 Å². The van der Waals surface area contributed by atoms with Gasteiger partial charge in [0.15, 0.2) is 0 Å². The van der Waals surface area contributed by atoms with Crippen molar-refractivity contribution in [2.75, 3.05) is 13.3 Å². The van der Waals surface area contributed by atoms with Gasteiger partial charge in [-0.05, 0) is 20.1 Å². The molecule has 0 unspecified atom stereocenters. The number of carbonyl (C=O) groups excluding carboxylic acids is 1. The predicted octanol–water partition coefficient (Wildman–Crippen LogP) is -3.09. The summed E-state index contributed by atoms with van der Waals surface area (Å²) in [6.07, 6.45) is 3.00. The van der Waals surface area contributed by atoms with Crippen LogP contribution in [0.1, 0.15) is 13.8 Å². The molecular formula is C7H16N2NaO6PS. The van der Waals surface area contributed by atoms with Crippen LogP contribution in [-0.4, -0.2) is 40.1 Å². The summed E-state index contributed by atoms with van der Waals surface area (Å²) >= 11 is 1.63. The molecule has 0 aliphatic carbocycles. The first-order valence-corrected chi connectivity index (χ1v) is 7.02. The first kappa shape index (κ1) is 23.5. The average molecular weight is 310 g/mol. The van der Waals surface area contributed by atoms with Gasteiger partial charge in [-0.1, -0.05) is 5.16 Å². The minimum atomic E-state index is -4.89. The Morgan fingerprint density at radius 1 is 1.56 bits per heavy atom. The second-order valence-electron chi connectivity index (χ2n) is 3.16. The summed E-state index contributed by atoms with van der Waals surface area (Å²) in [5, 5.41) is 5.81. The van der Waals surface area contributed by atoms with Gasteiger partial charge in [-0.3, -0.25) is 9.40 Å². The SMILES string of the molecule is CNC(=O)O/N=C/C(C)(C)SC.O=P([O-])(O)O.[Na+]. The van der Waals surface area contributed by atoms with E-state index in [4.69, 9.17) is 19.2 Å². The topological polar surface area (TPSA) is 131 Å². The summed E-state index contributed by atoms with van der Waals surface area (Å²) in [4.78, 5) is 37.9. The fourth-order valence-electron chi connectivity index (χ4n) is 0.299. The number of hydrogen-bond acceptors (Lipinski definition) is 6. The molecule has 0 bridgehead atoms. The molecule has 0 aliphatic rings. The summed E-state index contributed by atoms with van der Waals surface area (Å²) < 4.78 is 8.67. The number of thioether (sulfide) groups is 1. The van der Waals surface area contributed by atoms with Crippen LogP contribution in [0.2, 0.25) is 0 Å². The van der Waals surface area contributed by atoms with Crippen molar-refractivity contribution in [3.05, 3.63) is 0 Å². The zero-order valence-electron chi connectivity index (χ0n) is 10.9. The number of phosphoric acid groups is 1. The maximum atomic E-state index is 10.5. The van der Waals surface area contributed by atoms with Crippen LogP contribution >= 0.6 is 19.6 Å². The number of rotatable bonds is 3. The van der Waals surface area contributed by atoms with E-state index in [1.807, 2.05) is 20.1 Å². The first-order chi connectivity index (χ1) is 7.52. The molecule has 102 valence electrons. The molecule has 1 amide bonds. The Kier molecular flexibility index (Phi) is 14.7. The Bertz CT molecular complexity index is 300. The average Bonchev–Trinajstić information content (AvgIpc) is 2.14. The number of nitrogens with one attached hydrogen (secondary N) is 1. The van der Waals surface area contributed by atoms with Gasteiger partial charge in [0, 0.05) is 11.8 Å². The van der Waals surface area contributed by atoms with Gasteiger partial charge in [-0.2, -0.15) is 11.8 Å². The van der Waals surface area contributed by atoms with Gasteiger partial charge in [0.2, 0.25) is 0 Å². The monoisotopic (exact) mass is 310 g/mol. The third kappa shape index (κ3) is 25.3. The molecule has 0 heterocycles. The van der Waals surface area contributed by atoms with Crippen molar-refractivity contribution in [3.8, 4) is 0 Å². The van der Waals surface area contributed by atoms with Gasteiger partial charge >= 0.3 is 35.7 Å². The van der Waals surface area contributed by atoms with Gasteiger partial charge in [-0.15, -0.1) is 0 Å². The van der Waals surface area contributed by atoms with E-state index in [2.05, 4.69) is 15.3 Å². The van der Waals surface area contributed by atoms with Crippen molar-refractivity contribution in [1.82, 2.24) is 5.32 Å². The third-order valence-electron chi connectivity index (χ3n) is 1.23. The molecule has 0 aromatic heterocycles. The van der Waals surface area contributed by atoms with Crippen molar-refractivity contribution in [2.45, 2.75) is 18.6 Å². The Labute approximate surface area is 132 Å². The molecule has 0 rings (SSSR count). The van der Waals surface area contributed by atoms with Crippen LogP contribution in [0, 0.1) is 0 Å². The van der Waals surface area contributed by atoms with E-state index in [1.165, 1.54) is 7.05 Å². The van der Waals surface area contributed by atoms with E-state index in [0.717, 1.165) is 0 Å². The summed E-state index contributed by atoms with van der Waals surface area (Å²) in [7, 11) is -3.41. The van der Waals surface area contributed by atoms with Crippen LogP contribution in [0.4, 0.5) is 4.79 Å². The van der Waals surface area contributed by atoms with Gasteiger partial charge in [0.25, 0.3) is 7.82 Å². The van der Waals surface area contributed by atoms with Crippen LogP contribution in [-0.2, 0) is 9.40 Å². The van der Waals surface area contributed by atoms with E-state index >= 15 is 0 Å². The number of carbonyl (C=O) groups is 1. The van der Waals surface area contributed by atoms with Crippen molar-refractivity contribution in [3.63, 3.8) is 0 Å². The molecule has 3 N–H and O–H groups in total. The summed E-state index contributed by atoms with van der Waals surface area (Å²) in [5.41, 5.74) is 0. The van der Waals surface area contributed by atoms with Crippen LogP contribution in [0.5, 0.6) is 0 Å². The second-order valence-corrected chi connectivity index (χ2v) is 5.60. The molecule has 0 spiro atoms. The van der Waals surface area contributed by atoms with Crippen molar-refractivity contribution < 1.29 is 58.4 Å². The molecule has 0 atom stereocenters. The van der Waals surface area contributed by atoms with Crippen molar-refractivity contribution in [1.29, 1.82) is 0 Å². The normalized spacial score (nSPS) is 11.1. The zero-order valence-corrected chi connectivity index (χ0v) is 14.6. The van der Waals surface area contributed by atoms with E-state index in [1.54, 1.807) is 18.0 Å². The van der Waals surface area contributed by atoms with Crippen LogP contribution in [0.3, 0.4) is 0 Å². The van der Waals surface area contributed by atoms with Gasteiger partial charge in [0.1, 0.15) is 0 Å². The number of hydrogen-bond donors (Lipinski definition) is 3. The van der Waals surface area contributed by atoms with Gasteiger partial charge in [-0.25, -0.2) is 4.79 Å². The van der Waals surface area contributed by atoms with Crippen molar-refractivity contribution >= 4 is 31.9 Å². The first-order valence-electron chi connectivity index (χ1n) is 4.27. The molecule has 18 heavy (non-hydrogen) atoms. The third-order valence-corrected chi connectivity index (χ3v) is 2.39. The summed E-state index contributed by atoms with van der Waals surface area (Å²) in [5.74, 6) is 0. The molecule has 0 aromatic rings. The molecule has 0 saturated carbocycles. The molecule has 11 heteroatoms. The minimum Gasteiger partial charge on any atom is -0.756 e. The minimum absolute atomic E-state index is 0.